The van der Waals surface area contributed by atoms with E-state index in [4.69, 9.17) is 0 Å². The Morgan fingerprint density at radius 2 is 1.68 bits per heavy atom. The molecular formula is C25H23F3N4O2. The quantitative estimate of drug-likeness (QED) is 0.613. The van der Waals surface area contributed by atoms with Crippen molar-refractivity contribution in [3.05, 3.63) is 77.1 Å². The van der Waals surface area contributed by atoms with Crippen LogP contribution >= 0.6 is 0 Å². The Balaban J connectivity index is 1.31. The van der Waals surface area contributed by atoms with Crippen molar-refractivity contribution in [3.63, 3.8) is 0 Å². The summed E-state index contributed by atoms with van der Waals surface area (Å²) in [6, 6.07) is 12.4. The maximum Gasteiger partial charge on any atom is 0.416 e. The number of hydrogen-bond acceptors (Lipinski definition) is 6. The molecule has 0 spiro atoms. The van der Waals surface area contributed by atoms with Gasteiger partial charge in [0.15, 0.2) is 5.78 Å². The Morgan fingerprint density at radius 1 is 0.941 bits per heavy atom. The van der Waals surface area contributed by atoms with Crippen LogP contribution in [0.2, 0.25) is 0 Å². The number of phenolic OH excluding ortho intramolecular Hbond substituents is 1. The number of benzene rings is 2. The average molecular weight is 468 g/mol. The summed E-state index contributed by atoms with van der Waals surface area (Å²) in [7, 11) is 0. The summed E-state index contributed by atoms with van der Waals surface area (Å²) in [4.78, 5) is 25.7. The van der Waals surface area contributed by atoms with Crippen molar-refractivity contribution < 1.29 is 23.1 Å². The number of fused-ring (bicyclic) bond motifs is 1. The van der Waals surface area contributed by atoms with Gasteiger partial charge in [-0.25, -0.2) is 9.97 Å². The molecule has 0 radical (unpaired) electrons. The first kappa shape index (κ1) is 22.2. The van der Waals surface area contributed by atoms with Gasteiger partial charge in [-0.3, -0.25) is 4.79 Å². The Morgan fingerprint density at radius 3 is 2.41 bits per heavy atom. The van der Waals surface area contributed by atoms with Crippen LogP contribution < -0.4 is 9.80 Å². The smallest absolute Gasteiger partial charge is 0.416 e. The highest BCUT2D eigenvalue weighted by Crippen LogP contribution is 2.36. The van der Waals surface area contributed by atoms with E-state index in [1.54, 1.807) is 24.4 Å². The molecule has 1 fully saturated rings. The number of anilines is 2. The maximum atomic E-state index is 13.1. The number of Topliss-reactive ketones (excluding diaryl/α,β-unsaturated/α-hetero) is 1. The number of carbonyl (C=O) groups is 1. The Labute approximate surface area is 194 Å². The van der Waals surface area contributed by atoms with Crippen molar-refractivity contribution in [2.75, 3.05) is 36.0 Å². The predicted octanol–water partition coefficient (Wildman–Crippen LogP) is 4.44. The van der Waals surface area contributed by atoms with E-state index in [1.807, 2.05) is 21.9 Å². The fourth-order valence-electron chi connectivity index (χ4n) is 4.68. The summed E-state index contributed by atoms with van der Waals surface area (Å²) in [5, 5.41) is 10.2. The maximum absolute atomic E-state index is 13.1. The second-order valence-corrected chi connectivity index (χ2v) is 8.64. The SMILES string of the molecule is O=C1CC(c2ccccc2O)Cc2nc(N3CCN(c4cccc(C(F)(F)F)c4)CC3)ncc21. The molecule has 0 amide bonds. The van der Waals surface area contributed by atoms with E-state index in [0.29, 0.717) is 61.9 Å². The highest BCUT2D eigenvalue weighted by atomic mass is 19.4. The van der Waals surface area contributed by atoms with Gasteiger partial charge in [0.2, 0.25) is 5.95 Å². The number of para-hydroxylation sites is 1. The van der Waals surface area contributed by atoms with Crippen LogP contribution in [0.4, 0.5) is 24.8 Å². The number of carbonyl (C=O) groups excluding carboxylic acids is 1. The zero-order chi connectivity index (χ0) is 23.9. The number of phenols is 1. The topological polar surface area (TPSA) is 69.6 Å². The Hall–Kier alpha value is -3.62. The predicted molar refractivity (Wildman–Crippen MR) is 121 cm³/mol. The number of nitrogens with zero attached hydrogens (tertiary/aromatic N) is 4. The van der Waals surface area contributed by atoms with Crippen LogP contribution in [0.1, 0.15) is 39.5 Å². The van der Waals surface area contributed by atoms with Crippen LogP contribution in [0.5, 0.6) is 5.75 Å². The molecule has 1 unspecified atom stereocenters. The third-order valence-corrected chi connectivity index (χ3v) is 6.50. The lowest BCUT2D eigenvalue weighted by Gasteiger charge is -2.36. The van der Waals surface area contributed by atoms with Gasteiger partial charge >= 0.3 is 6.18 Å². The van der Waals surface area contributed by atoms with Gasteiger partial charge in [-0.15, -0.1) is 0 Å². The third-order valence-electron chi connectivity index (χ3n) is 6.50. The van der Waals surface area contributed by atoms with Crippen LogP contribution in [0.15, 0.2) is 54.7 Å². The fraction of sp³-hybridized carbons (Fsp3) is 0.320. The molecule has 0 bridgehead atoms. The zero-order valence-corrected chi connectivity index (χ0v) is 18.3. The molecule has 1 N–H and O–H groups in total. The number of aromatic nitrogens is 2. The van der Waals surface area contributed by atoms with Gasteiger partial charge in [-0.2, -0.15) is 13.2 Å². The fourth-order valence-corrected chi connectivity index (χ4v) is 4.68. The van der Waals surface area contributed by atoms with E-state index in [0.717, 1.165) is 11.6 Å². The molecule has 1 aliphatic heterocycles. The van der Waals surface area contributed by atoms with Gasteiger partial charge in [-0.05, 0) is 36.2 Å². The van der Waals surface area contributed by atoms with Gasteiger partial charge in [0.1, 0.15) is 5.75 Å². The minimum atomic E-state index is -4.37. The van der Waals surface area contributed by atoms with Crippen molar-refractivity contribution in [1.82, 2.24) is 9.97 Å². The lowest BCUT2D eigenvalue weighted by atomic mass is 9.82. The highest BCUT2D eigenvalue weighted by Gasteiger charge is 2.32. The summed E-state index contributed by atoms with van der Waals surface area (Å²) < 4.78 is 39.2. The van der Waals surface area contributed by atoms with Crippen molar-refractivity contribution in [1.29, 1.82) is 0 Å². The highest BCUT2D eigenvalue weighted by molar-refractivity contribution is 5.98. The first-order valence-corrected chi connectivity index (χ1v) is 11.1. The number of piperazine rings is 1. The lowest BCUT2D eigenvalue weighted by Crippen LogP contribution is -2.47. The monoisotopic (exact) mass is 468 g/mol. The van der Waals surface area contributed by atoms with Crippen LogP contribution in [0.25, 0.3) is 0 Å². The van der Waals surface area contributed by atoms with Crippen molar-refractivity contribution in [2.24, 2.45) is 0 Å². The normalized spacial score (nSPS) is 18.7. The molecule has 34 heavy (non-hydrogen) atoms. The molecule has 6 nitrogen and oxygen atoms in total. The second kappa shape index (κ2) is 8.62. The average Bonchev–Trinajstić information content (AvgIpc) is 2.83. The summed E-state index contributed by atoms with van der Waals surface area (Å²) in [5.41, 5.74) is 1.79. The van der Waals surface area contributed by atoms with Crippen molar-refractivity contribution in [3.8, 4) is 5.75 Å². The van der Waals surface area contributed by atoms with Gasteiger partial charge < -0.3 is 14.9 Å². The van der Waals surface area contributed by atoms with E-state index in [9.17, 15) is 23.1 Å². The van der Waals surface area contributed by atoms with Crippen LogP contribution in [-0.4, -0.2) is 47.0 Å². The molecule has 2 aliphatic rings. The Kier molecular flexibility index (Phi) is 5.63. The first-order valence-electron chi connectivity index (χ1n) is 11.1. The van der Waals surface area contributed by atoms with E-state index in [2.05, 4.69) is 9.97 Å². The molecule has 5 rings (SSSR count). The summed E-state index contributed by atoms with van der Waals surface area (Å²) in [6.45, 7) is 2.15. The molecule has 0 saturated carbocycles. The zero-order valence-electron chi connectivity index (χ0n) is 18.3. The molecule has 1 aliphatic carbocycles. The van der Waals surface area contributed by atoms with Gasteiger partial charge in [-0.1, -0.05) is 24.3 Å². The number of alkyl halides is 3. The van der Waals surface area contributed by atoms with Gasteiger partial charge in [0, 0.05) is 50.4 Å². The molecule has 1 saturated heterocycles. The number of halogens is 3. The molecule has 2 heterocycles. The van der Waals surface area contributed by atoms with E-state index >= 15 is 0 Å². The minimum absolute atomic E-state index is 0.0459. The number of hydrogen-bond donors (Lipinski definition) is 1. The molecule has 9 heteroatoms. The molecule has 1 atom stereocenters. The number of aromatic hydroxyl groups is 1. The van der Waals surface area contributed by atoms with Crippen LogP contribution in [0, 0.1) is 0 Å². The molecule has 176 valence electrons. The molecule has 3 aromatic rings. The summed E-state index contributed by atoms with van der Waals surface area (Å²) in [6.07, 6.45) is -1.98. The van der Waals surface area contributed by atoms with E-state index in [1.165, 1.54) is 12.1 Å². The largest absolute Gasteiger partial charge is 0.508 e. The van der Waals surface area contributed by atoms with E-state index in [-0.39, 0.29) is 17.5 Å². The van der Waals surface area contributed by atoms with Crippen LogP contribution in [0.3, 0.4) is 0 Å². The van der Waals surface area contributed by atoms with Gasteiger partial charge in [0.25, 0.3) is 0 Å². The molecule has 2 aromatic carbocycles. The first-order chi connectivity index (χ1) is 16.3. The number of ketones is 1. The molecular weight excluding hydrogens is 445 g/mol. The van der Waals surface area contributed by atoms with E-state index < -0.39 is 11.7 Å². The van der Waals surface area contributed by atoms with Crippen LogP contribution in [-0.2, 0) is 12.6 Å². The minimum Gasteiger partial charge on any atom is -0.508 e. The van der Waals surface area contributed by atoms with Crippen molar-refractivity contribution >= 4 is 17.4 Å². The standard InChI is InChI=1S/C25H23F3N4O2/c26-25(27,28)17-4-3-5-18(14-17)31-8-10-32(11-9-31)24-29-15-20-21(30-24)12-16(13-23(20)34)19-6-1-2-7-22(19)33/h1-7,14-16,33H,8-13H2. The lowest BCUT2D eigenvalue weighted by molar-refractivity contribution is -0.137. The van der Waals surface area contributed by atoms with Crippen molar-refractivity contribution in [2.45, 2.75) is 24.9 Å². The molecule has 1 aromatic heterocycles. The number of rotatable bonds is 3. The Bertz CT molecular complexity index is 1220. The third kappa shape index (κ3) is 4.30. The van der Waals surface area contributed by atoms with Gasteiger partial charge in [0.05, 0.1) is 16.8 Å². The summed E-state index contributed by atoms with van der Waals surface area (Å²) in [5.74, 6) is 0.481. The summed E-state index contributed by atoms with van der Waals surface area (Å²) >= 11 is 0. The second-order valence-electron chi connectivity index (χ2n) is 8.64.